The number of fused-ring (bicyclic) bond motifs is 1. The van der Waals surface area contributed by atoms with Crippen LogP contribution in [0.2, 0.25) is 0 Å². The van der Waals surface area contributed by atoms with E-state index in [4.69, 9.17) is 4.74 Å². The second-order valence-electron chi connectivity index (χ2n) is 6.04. The van der Waals surface area contributed by atoms with Gasteiger partial charge in [-0.05, 0) is 26.7 Å². The van der Waals surface area contributed by atoms with E-state index in [2.05, 4.69) is 15.9 Å². The maximum absolute atomic E-state index is 12.6. The van der Waals surface area contributed by atoms with Crippen molar-refractivity contribution in [1.29, 1.82) is 0 Å². The number of carbonyl (C=O) groups excluding carboxylic acids is 2. The van der Waals surface area contributed by atoms with Gasteiger partial charge in [0, 0.05) is 11.8 Å². The fraction of sp³-hybridized carbons (Fsp3) is 0.714. The molecule has 0 amide bonds. The fourth-order valence-electron chi connectivity index (χ4n) is 3.38. The Bertz CT molecular complexity index is 464. The molecule has 1 aliphatic heterocycles. The number of alkyl halides is 1. The lowest BCUT2D eigenvalue weighted by atomic mass is 9.69. The van der Waals surface area contributed by atoms with Crippen LogP contribution in [0.15, 0.2) is 11.3 Å². The van der Waals surface area contributed by atoms with Crippen LogP contribution in [-0.2, 0) is 14.3 Å². The highest BCUT2D eigenvalue weighted by atomic mass is 79.9. The average Bonchev–Trinajstić information content (AvgIpc) is 2.58. The van der Waals surface area contributed by atoms with Crippen LogP contribution in [0, 0.1) is 11.8 Å². The molecule has 3 aliphatic rings. The Morgan fingerprint density at radius 1 is 1.11 bits per heavy atom. The maximum atomic E-state index is 12.6. The Kier molecular flexibility index (Phi) is 2.70. The fourth-order valence-corrected chi connectivity index (χ4v) is 3.91. The summed E-state index contributed by atoms with van der Waals surface area (Å²) in [6.07, 6.45) is 3.79. The average molecular weight is 313 g/mol. The van der Waals surface area contributed by atoms with E-state index in [-0.39, 0.29) is 28.2 Å². The molecule has 1 saturated carbocycles. The summed E-state index contributed by atoms with van der Waals surface area (Å²) in [5.41, 5.74) is 0.0804. The van der Waals surface area contributed by atoms with Gasteiger partial charge in [-0.15, -0.1) is 0 Å². The van der Waals surface area contributed by atoms with Gasteiger partial charge in [-0.25, -0.2) is 0 Å². The molecule has 0 aromatic heterocycles. The standard InChI is InChI=1S/C14H17BrO3/c1-14(2)13(15)9-10(16)7-5-3-4-6-8(7)11(17)12(9)18-14/h7-8,13H,3-6H2,1-2H3. The summed E-state index contributed by atoms with van der Waals surface area (Å²) in [4.78, 5) is 24.9. The summed E-state index contributed by atoms with van der Waals surface area (Å²) in [7, 11) is 0. The number of allylic oxidation sites excluding steroid dienone is 1. The van der Waals surface area contributed by atoms with Crippen molar-refractivity contribution in [3.63, 3.8) is 0 Å². The zero-order valence-electron chi connectivity index (χ0n) is 10.7. The third kappa shape index (κ3) is 1.54. The second kappa shape index (κ2) is 3.92. The van der Waals surface area contributed by atoms with Gasteiger partial charge in [0.05, 0.1) is 10.4 Å². The molecule has 3 rings (SSSR count). The molecule has 3 unspecified atom stereocenters. The lowest BCUT2D eigenvalue weighted by Gasteiger charge is -2.33. The Labute approximate surface area is 115 Å². The molecule has 0 spiro atoms. The minimum absolute atomic E-state index is 0.0596. The van der Waals surface area contributed by atoms with Crippen LogP contribution in [0.5, 0.6) is 0 Å². The van der Waals surface area contributed by atoms with E-state index in [9.17, 15) is 9.59 Å². The number of hydrogen-bond acceptors (Lipinski definition) is 3. The van der Waals surface area contributed by atoms with Gasteiger partial charge in [-0.2, -0.15) is 0 Å². The molecule has 98 valence electrons. The van der Waals surface area contributed by atoms with Crippen LogP contribution in [0.25, 0.3) is 0 Å². The van der Waals surface area contributed by atoms with Crippen LogP contribution in [-0.4, -0.2) is 22.0 Å². The van der Waals surface area contributed by atoms with E-state index in [1.54, 1.807) is 0 Å². The molecular weight excluding hydrogens is 296 g/mol. The number of hydrogen-bond donors (Lipinski definition) is 0. The van der Waals surface area contributed by atoms with Gasteiger partial charge >= 0.3 is 0 Å². The number of carbonyl (C=O) groups is 2. The SMILES string of the molecule is CC1(C)OC2=C(C(=O)C3CCCCC3C2=O)C1Br. The van der Waals surface area contributed by atoms with Crippen molar-refractivity contribution in [2.75, 3.05) is 0 Å². The molecule has 0 radical (unpaired) electrons. The third-order valence-corrected chi connectivity index (χ3v) is 5.96. The largest absolute Gasteiger partial charge is 0.482 e. The van der Waals surface area contributed by atoms with Crippen molar-refractivity contribution in [2.45, 2.75) is 50.0 Å². The summed E-state index contributed by atoms with van der Waals surface area (Å²) in [6, 6.07) is 0. The quantitative estimate of drug-likeness (QED) is 0.646. The van der Waals surface area contributed by atoms with E-state index in [0.717, 1.165) is 25.7 Å². The Morgan fingerprint density at radius 2 is 1.67 bits per heavy atom. The van der Waals surface area contributed by atoms with Crippen LogP contribution in [0.3, 0.4) is 0 Å². The van der Waals surface area contributed by atoms with E-state index in [1.165, 1.54) is 0 Å². The van der Waals surface area contributed by atoms with Crippen molar-refractivity contribution < 1.29 is 14.3 Å². The molecule has 3 atom stereocenters. The molecule has 0 aromatic rings. The molecule has 3 nitrogen and oxygen atoms in total. The lowest BCUT2D eigenvalue weighted by Crippen LogP contribution is -2.40. The monoisotopic (exact) mass is 312 g/mol. The summed E-state index contributed by atoms with van der Waals surface area (Å²) >= 11 is 3.53. The maximum Gasteiger partial charge on any atom is 0.201 e. The predicted octanol–water partition coefficient (Wildman–Crippen LogP) is 2.77. The van der Waals surface area contributed by atoms with Gasteiger partial charge in [-0.3, -0.25) is 9.59 Å². The van der Waals surface area contributed by atoms with Gasteiger partial charge in [0.25, 0.3) is 0 Å². The third-order valence-electron chi connectivity index (χ3n) is 4.40. The first kappa shape index (κ1) is 12.4. The summed E-state index contributed by atoms with van der Waals surface area (Å²) in [5, 5.41) is 0. The van der Waals surface area contributed by atoms with Gasteiger partial charge in [0.1, 0.15) is 5.60 Å². The van der Waals surface area contributed by atoms with Gasteiger partial charge < -0.3 is 4.74 Å². The van der Waals surface area contributed by atoms with Crippen molar-refractivity contribution >= 4 is 27.5 Å². The van der Waals surface area contributed by atoms with E-state index in [1.807, 2.05) is 13.8 Å². The predicted molar refractivity (Wildman–Crippen MR) is 70.4 cm³/mol. The van der Waals surface area contributed by atoms with Crippen LogP contribution in [0.4, 0.5) is 0 Å². The number of ketones is 2. The van der Waals surface area contributed by atoms with Crippen LogP contribution in [0.1, 0.15) is 39.5 Å². The first-order valence-electron chi connectivity index (χ1n) is 6.59. The number of halogens is 1. The number of Topliss-reactive ketones (excluding diaryl/α,β-unsaturated/α-hetero) is 2. The van der Waals surface area contributed by atoms with Gasteiger partial charge in [-0.1, -0.05) is 28.8 Å². The highest BCUT2D eigenvalue weighted by Gasteiger charge is 2.54. The number of ether oxygens (including phenoxy) is 1. The molecule has 1 fully saturated rings. The number of rotatable bonds is 0. The van der Waals surface area contributed by atoms with E-state index < -0.39 is 5.60 Å². The van der Waals surface area contributed by atoms with Crippen LogP contribution >= 0.6 is 15.9 Å². The van der Waals surface area contributed by atoms with Gasteiger partial charge in [0.2, 0.25) is 5.78 Å². The Hall–Kier alpha value is -0.640. The highest BCUT2D eigenvalue weighted by molar-refractivity contribution is 9.09. The first-order valence-corrected chi connectivity index (χ1v) is 7.50. The lowest BCUT2D eigenvalue weighted by molar-refractivity contribution is -0.134. The molecular formula is C14H17BrO3. The van der Waals surface area contributed by atoms with Crippen molar-refractivity contribution in [3.05, 3.63) is 11.3 Å². The minimum Gasteiger partial charge on any atom is -0.482 e. The van der Waals surface area contributed by atoms with Crippen LogP contribution < -0.4 is 0 Å². The molecule has 0 N–H and O–H groups in total. The summed E-state index contributed by atoms with van der Waals surface area (Å²) in [5.74, 6) is 0.322. The molecule has 1 heterocycles. The Morgan fingerprint density at radius 3 is 2.28 bits per heavy atom. The van der Waals surface area contributed by atoms with Crippen molar-refractivity contribution in [2.24, 2.45) is 11.8 Å². The van der Waals surface area contributed by atoms with E-state index >= 15 is 0 Å². The topological polar surface area (TPSA) is 43.4 Å². The zero-order chi connectivity index (χ0) is 13.1. The van der Waals surface area contributed by atoms with Crippen molar-refractivity contribution in [1.82, 2.24) is 0 Å². The highest BCUT2D eigenvalue weighted by Crippen LogP contribution is 2.48. The second-order valence-corrected chi connectivity index (χ2v) is 6.95. The zero-order valence-corrected chi connectivity index (χ0v) is 12.2. The van der Waals surface area contributed by atoms with E-state index in [0.29, 0.717) is 11.3 Å². The first-order chi connectivity index (χ1) is 8.43. The molecule has 2 aliphatic carbocycles. The Balaban J connectivity index is 2.05. The normalized spacial score (nSPS) is 38.3. The smallest absolute Gasteiger partial charge is 0.201 e. The molecule has 0 saturated heterocycles. The van der Waals surface area contributed by atoms with Gasteiger partial charge in [0.15, 0.2) is 11.5 Å². The molecule has 0 aromatic carbocycles. The summed E-state index contributed by atoms with van der Waals surface area (Å²) < 4.78 is 5.76. The summed E-state index contributed by atoms with van der Waals surface area (Å²) in [6.45, 7) is 3.82. The molecule has 4 heteroatoms. The molecule has 0 bridgehead atoms. The van der Waals surface area contributed by atoms with Crippen molar-refractivity contribution in [3.8, 4) is 0 Å². The molecule has 18 heavy (non-hydrogen) atoms. The minimum atomic E-state index is -0.510.